The van der Waals surface area contributed by atoms with E-state index >= 15 is 0 Å². The van der Waals surface area contributed by atoms with Gasteiger partial charge in [-0.1, -0.05) is 31.7 Å². The van der Waals surface area contributed by atoms with Gasteiger partial charge in [-0.25, -0.2) is 0 Å². The van der Waals surface area contributed by atoms with Gasteiger partial charge < -0.3 is 5.32 Å². The van der Waals surface area contributed by atoms with Crippen LogP contribution in [-0.4, -0.2) is 11.5 Å². The normalized spacial score (nSPS) is 15.6. The Hall–Kier alpha value is -1.58. The van der Waals surface area contributed by atoms with E-state index in [2.05, 4.69) is 5.32 Å². The summed E-state index contributed by atoms with van der Waals surface area (Å²) in [6.07, 6.45) is 7.82. The molecule has 1 aromatic rings. The standard InChI is InChI=1S/C15H22N2O2/c1-12-8-9-14(15(11-12)17(18)19)16-10-4-7-13-5-2-3-6-13/h8-9,11,13,16H,2-7,10H2,1H3. The lowest BCUT2D eigenvalue weighted by Gasteiger charge is -2.10. The van der Waals surface area contributed by atoms with E-state index in [0.29, 0.717) is 5.69 Å². The Morgan fingerprint density at radius 2 is 2.11 bits per heavy atom. The molecule has 0 bridgehead atoms. The molecule has 1 saturated carbocycles. The number of hydrogen-bond acceptors (Lipinski definition) is 3. The highest BCUT2D eigenvalue weighted by Gasteiger charge is 2.15. The van der Waals surface area contributed by atoms with Gasteiger partial charge in [-0.05, 0) is 37.3 Å². The van der Waals surface area contributed by atoms with E-state index in [0.717, 1.165) is 24.4 Å². The van der Waals surface area contributed by atoms with Crippen LogP contribution in [0.1, 0.15) is 44.1 Å². The highest BCUT2D eigenvalue weighted by Crippen LogP contribution is 2.29. The van der Waals surface area contributed by atoms with E-state index in [1.807, 2.05) is 19.1 Å². The zero-order valence-electron chi connectivity index (χ0n) is 11.5. The SMILES string of the molecule is Cc1ccc(NCCCC2CCCC2)c([N+](=O)[O-])c1. The Kier molecular flexibility index (Phi) is 4.77. The van der Waals surface area contributed by atoms with Crippen LogP contribution in [-0.2, 0) is 0 Å². The van der Waals surface area contributed by atoms with Crippen molar-refractivity contribution in [3.63, 3.8) is 0 Å². The summed E-state index contributed by atoms with van der Waals surface area (Å²) in [7, 11) is 0. The topological polar surface area (TPSA) is 55.2 Å². The minimum Gasteiger partial charge on any atom is -0.379 e. The largest absolute Gasteiger partial charge is 0.379 e. The van der Waals surface area contributed by atoms with Crippen LogP contribution < -0.4 is 5.32 Å². The highest BCUT2D eigenvalue weighted by atomic mass is 16.6. The van der Waals surface area contributed by atoms with Gasteiger partial charge in [0.05, 0.1) is 4.92 Å². The van der Waals surface area contributed by atoms with Crippen molar-refractivity contribution in [3.05, 3.63) is 33.9 Å². The van der Waals surface area contributed by atoms with Crippen LogP contribution in [0.4, 0.5) is 11.4 Å². The van der Waals surface area contributed by atoms with Gasteiger partial charge in [0.15, 0.2) is 0 Å². The van der Waals surface area contributed by atoms with Gasteiger partial charge in [0.2, 0.25) is 0 Å². The van der Waals surface area contributed by atoms with E-state index in [1.54, 1.807) is 6.07 Å². The summed E-state index contributed by atoms with van der Waals surface area (Å²) >= 11 is 0. The molecule has 1 aromatic carbocycles. The van der Waals surface area contributed by atoms with Gasteiger partial charge in [0, 0.05) is 12.6 Å². The average molecular weight is 262 g/mol. The van der Waals surface area contributed by atoms with Crippen LogP contribution >= 0.6 is 0 Å². The smallest absolute Gasteiger partial charge is 0.292 e. The van der Waals surface area contributed by atoms with Crippen molar-refractivity contribution < 1.29 is 4.92 Å². The Labute approximate surface area is 114 Å². The maximum absolute atomic E-state index is 11.0. The molecule has 0 amide bonds. The van der Waals surface area contributed by atoms with Gasteiger partial charge in [-0.3, -0.25) is 10.1 Å². The zero-order chi connectivity index (χ0) is 13.7. The third-order valence-corrected chi connectivity index (χ3v) is 3.93. The summed E-state index contributed by atoms with van der Waals surface area (Å²) in [5.74, 6) is 0.884. The van der Waals surface area contributed by atoms with Crippen molar-refractivity contribution in [2.24, 2.45) is 5.92 Å². The molecule has 0 spiro atoms. The Morgan fingerprint density at radius 3 is 2.79 bits per heavy atom. The Bertz CT molecular complexity index is 440. The van der Waals surface area contributed by atoms with Crippen molar-refractivity contribution in [1.82, 2.24) is 0 Å². The number of hydrogen-bond donors (Lipinski definition) is 1. The predicted octanol–water partition coefficient (Wildman–Crippen LogP) is 4.29. The second-order valence-electron chi connectivity index (χ2n) is 5.50. The maximum atomic E-state index is 11.0. The quantitative estimate of drug-likeness (QED) is 0.473. The molecule has 0 unspecified atom stereocenters. The van der Waals surface area contributed by atoms with Crippen molar-refractivity contribution in [2.45, 2.75) is 45.4 Å². The second kappa shape index (κ2) is 6.55. The molecule has 0 aromatic heterocycles. The highest BCUT2D eigenvalue weighted by molar-refractivity contribution is 5.62. The number of nitrogens with zero attached hydrogens (tertiary/aromatic N) is 1. The average Bonchev–Trinajstić information content (AvgIpc) is 2.89. The van der Waals surface area contributed by atoms with Crippen molar-refractivity contribution in [2.75, 3.05) is 11.9 Å². The second-order valence-corrected chi connectivity index (χ2v) is 5.50. The van der Waals surface area contributed by atoms with Crippen LogP contribution in [0.5, 0.6) is 0 Å². The fourth-order valence-electron chi connectivity index (χ4n) is 2.86. The van der Waals surface area contributed by atoms with Gasteiger partial charge in [0.1, 0.15) is 5.69 Å². The molecule has 1 aliphatic carbocycles. The first-order valence-electron chi connectivity index (χ1n) is 7.16. The Morgan fingerprint density at radius 1 is 1.37 bits per heavy atom. The molecule has 2 rings (SSSR count). The molecule has 4 nitrogen and oxygen atoms in total. The van der Waals surface area contributed by atoms with Crippen LogP contribution in [0, 0.1) is 23.0 Å². The lowest BCUT2D eigenvalue weighted by Crippen LogP contribution is -2.06. The molecule has 0 saturated heterocycles. The van der Waals surface area contributed by atoms with Crippen LogP contribution in [0.25, 0.3) is 0 Å². The fourth-order valence-corrected chi connectivity index (χ4v) is 2.86. The first-order valence-corrected chi connectivity index (χ1v) is 7.16. The number of aryl methyl sites for hydroxylation is 1. The first kappa shape index (κ1) is 13.8. The van der Waals surface area contributed by atoms with Gasteiger partial charge in [-0.2, -0.15) is 0 Å². The van der Waals surface area contributed by atoms with Gasteiger partial charge >= 0.3 is 0 Å². The van der Waals surface area contributed by atoms with Crippen molar-refractivity contribution in [3.8, 4) is 0 Å². The van der Waals surface area contributed by atoms with Crippen LogP contribution in [0.15, 0.2) is 18.2 Å². The third-order valence-electron chi connectivity index (χ3n) is 3.93. The van der Waals surface area contributed by atoms with E-state index in [1.165, 1.54) is 32.1 Å². The maximum Gasteiger partial charge on any atom is 0.292 e. The molecule has 1 N–H and O–H groups in total. The summed E-state index contributed by atoms with van der Waals surface area (Å²) in [4.78, 5) is 10.7. The molecular formula is C15H22N2O2. The van der Waals surface area contributed by atoms with E-state index in [9.17, 15) is 10.1 Å². The van der Waals surface area contributed by atoms with Gasteiger partial charge in [0.25, 0.3) is 5.69 Å². The number of benzene rings is 1. The van der Waals surface area contributed by atoms with E-state index in [-0.39, 0.29) is 10.6 Å². The number of rotatable bonds is 6. The number of nitro benzene ring substituents is 1. The number of nitro groups is 1. The molecule has 104 valence electrons. The molecule has 19 heavy (non-hydrogen) atoms. The summed E-state index contributed by atoms with van der Waals surface area (Å²) in [5.41, 5.74) is 1.74. The summed E-state index contributed by atoms with van der Waals surface area (Å²) < 4.78 is 0. The van der Waals surface area contributed by atoms with E-state index < -0.39 is 0 Å². The first-order chi connectivity index (χ1) is 9.16. The molecule has 1 fully saturated rings. The molecule has 4 heteroatoms. The van der Waals surface area contributed by atoms with Crippen molar-refractivity contribution in [1.29, 1.82) is 0 Å². The minimum atomic E-state index is -0.313. The molecule has 1 aliphatic rings. The predicted molar refractivity (Wildman–Crippen MR) is 77.5 cm³/mol. The monoisotopic (exact) mass is 262 g/mol. The lowest BCUT2D eigenvalue weighted by molar-refractivity contribution is -0.384. The lowest BCUT2D eigenvalue weighted by atomic mass is 10.0. The van der Waals surface area contributed by atoms with E-state index in [4.69, 9.17) is 0 Å². The van der Waals surface area contributed by atoms with Crippen molar-refractivity contribution >= 4 is 11.4 Å². The molecule has 0 atom stereocenters. The fraction of sp³-hybridized carbons (Fsp3) is 0.600. The van der Waals surface area contributed by atoms with Gasteiger partial charge in [-0.15, -0.1) is 0 Å². The molecular weight excluding hydrogens is 240 g/mol. The van der Waals surface area contributed by atoms with Crippen LogP contribution in [0.3, 0.4) is 0 Å². The molecule has 0 aliphatic heterocycles. The number of anilines is 1. The summed E-state index contributed by atoms with van der Waals surface area (Å²) in [6, 6.07) is 5.34. The molecule has 0 radical (unpaired) electrons. The third kappa shape index (κ3) is 3.94. The molecule has 0 heterocycles. The summed E-state index contributed by atoms with van der Waals surface area (Å²) in [6.45, 7) is 2.69. The number of nitrogens with one attached hydrogen (secondary N) is 1. The Balaban J connectivity index is 1.83. The van der Waals surface area contributed by atoms with Crippen LogP contribution in [0.2, 0.25) is 0 Å². The zero-order valence-corrected chi connectivity index (χ0v) is 11.5. The summed E-state index contributed by atoms with van der Waals surface area (Å²) in [5, 5.41) is 14.2. The minimum absolute atomic E-state index is 0.181.